The van der Waals surface area contributed by atoms with Crippen molar-refractivity contribution in [2.24, 2.45) is 4.99 Å². The van der Waals surface area contributed by atoms with Crippen LogP contribution in [-0.4, -0.2) is 82.2 Å². The second-order valence-electron chi connectivity index (χ2n) is 7.33. The van der Waals surface area contributed by atoms with Gasteiger partial charge in [0.15, 0.2) is 11.7 Å². The maximum absolute atomic E-state index is 11.8. The van der Waals surface area contributed by atoms with E-state index in [0.29, 0.717) is 25.7 Å². The van der Waals surface area contributed by atoms with E-state index in [2.05, 4.69) is 15.6 Å². The summed E-state index contributed by atoms with van der Waals surface area (Å²) in [5, 5.41) is 6.55. The number of amides is 1. The Kier molecular flexibility index (Phi) is 12.3. The average Bonchev–Trinajstić information content (AvgIpc) is 3.05. The molecule has 1 heterocycles. The summed E-state index contributed by atoms with van der Waals surface area (Å²) in [4.78, 5) is 17.8. The van der Waals surface area contributed by atoms with Gasteiger partial charge in [-0.3, -0.25) is 4.79 Å². The van der Waals surface area contributed by atoms with Crippen molar-refractivity contribution in [1.29, 1.82) is 0 Å². The standard InChI is InChI=1S/C19H36N4O4.HI/c1-4-25-12-8-11-20-18(22-14-17(24)23(2)3)21-13-16-15-26-19(27-16)9-6-5-7-10-19;/h16H,4-15H2,1-3H3,(H2,20,21,22);1H. The topological polar surface area (TPSA) is 84.4 Å². The van der Waals surface area contributed by atoms with Gasteiger partial charge in [0.25, 0.3) is 0 Å². The van der Waals surface area contributed by atoms with Gasteiger partial charge in [0.05, 0.1) is 6.61 Å². The van der Waals surface area contributed by atoms with Crippen LogP contribution in [0.3, 0.4) is 0 Å². The number of carbonyl (C=O) groups excluding carboxylic acids is 1. The Morgan fingerprint density at radius 1 is 1.25 bits per heavy atom. The summed E-state index contributed by atoms with van der Waals surface area (Å²) in [6.07, 6.45) is 6.45. The lowest BCUT2D eigenvalue weighted by Crippen LogP contribution is -2.43. The van der Waals surface area contributed by atoms with Gasteiger partial charge >= 0.3 is 0 Å². The second kappa shape index (κ2) is 13.6. The first-order valence-corrected chi connectivity index (χ1v) is 10.2. The minimum Gasteiger partial charge on any atom is -0.382 e. The van der Waals surface area contributed by atoms with Gasteiger partial charge in [-0.05, 0) is 26.2 Å². The van der Waals surface area contributed by atoms with Gasteiger partial charge in [0, 0.05) is 53.2 Å². The van der Waals surface area contributed by atoms with Crippen molar-refractivity contribution >= 4 is 35.8 Å². The van der Waals surface area contributed by atoms with Crippen LogP contribution in [-0.2, 0) is 19.0 Å². The highest BCUT2D eigenvalue weighted by Gasteiger charge is 2.42. The van der Waals surface area contributed by atoms with Crippen LogP contribution in [0.4, 0.5) is 0 Å². The first-order chi connectivity index (χ1) is 13.0. The lowest BCUT2D eigenvalue weighted by Gasteiger charge is -2.31. The molecule has 0 aromatic rings. The van der Waals surface area contributed by atoms with Crippen LogP contribution in [0.15, 0.2) is 4.99 Å². The van der Waals surface area contributed by atoms with Crippen LogP contribution in [0.5, 0.6) is 0 Å². The third kappa shape index (κ3) is 8.79. The molecule has 9 heteroatoms. The SMILES string of the molecule is CCOCCCNC(=NCC(=O)N(C)C)NCC1COC2(CCCCC2)O1.I. The fraction of sp³-hybridized carbons (Fsp3) is 0.895. The van der Waals surface area contributed by atoms with Gasteiger partial charge in [-0.15, -0.1) is 24.0 Å². The van der Waals surface area contributed by atoms with Gasteiger partial charge in [-0.1, -0.05) is 6.42 Å². The molecule has 0 aromatic carbocycles. The largest absolute Gasteiger partial charge is 0.382 e. The molecule has 2 N–H and O–H groups in total. The normalized spacial score (nSPS) is 21.2. The van der Waals surface area contributed by atoms with Crippen molar-refractivity contribution in [3.63, 3.8) is 0 Å². The first kappa shape index (κ1) is 25.4. The number of ether oxygens (including phenoxy) is 3. The van der Waals surface area contributed by atoms with E-state index in [0.717, 1.165) is 32.4 Å². The zero-order valence-electron chi connectivity index (χ0n) is 17.5. The van der Waals surface area contributed by atoms with Gasteiger partial charge in [-0.2, -0.15) is 0 Å². The number of nitrogens with zero attached hydrogens (tertiary/aromatic N) is 2. The van der Waals surface area contributed by atoms with Crippen LogP contribution < -0.4 is 10.6 Å². The molecule has 1 atom stereocenters. The Balaban J connectivity index is 0.00000392. The fourth-order valence-electron chi connectivity index (χ4n) is 3.27. The molecule has 0 radical (unpaired) electrons. The molecule has 0 bridgehead atoms. The van der Waals surface area contributed by atoms with Gasteiger partial charge in [0.1, 0.15) is 12.6 Å². The number of halogens is 1. The molecule has 1 aliphatic carbocycles. The van der Waals surface area contributed by atoms with Crippen LogP contribution >= 0.6 is 24.0 Å². The Morgan fingerprint density at radius 2 is 2.00 bits per heavy atom. The molecule has 1 aliphatic heterocycles. The molecule has 164 valence electrons. The highest BCUT2D eigenvalue weighted by molar-refractivity contribution is 14.0. The summed E-state index contributed by atoms with van der Waals surface area (Å²) in [7, 11) is 3.46. The van der Waals surface area contributed by atoms with Crippen LogP contribution in [0, 0.1) is 0 Å². The number of aliphatic imine (C=N–C) groups is 1. The first-order valence-electron chi connectivity index (χ1n) is 10.2. The lowest BCUT2D eigenvalue weighted by molar-refractivity contribution is -0.186. The molecule has 1 amide bonds. The van der Waals surface area contributed by atoms with Gasteiger partial charge in [-0.25, -0.2) is 4.99 Å². The summed E-state index contributed by atoms with van der Waals surface area (Å²) in [6, 6.07) is 0. The molecule has 8 nitrogen and oxygen atoms in total. The lowest BCUT2D eigenvalue weighted by atomic mass is 9.94. The van der Waals surface area contributed by atoms with Crippen molar-refractivity contribution in [1.82, 2.24) is 15.5 Å². The molecule has 2 rings (SSSR count). The Hall–Kier alpha value is -0.650. The predicted octanol–water partition coefficient (Wildman–Crippen LogP) is 1.73. The summed E-state index contributed by atoms with van der Waals surface area (Å²) < 4.78 is 17.5. The molecule has 2 fully saturated rings. The fourth-order valence-corrected chi connectivity index (χ4v) is 3.27. The molecule has 2 aliphatic rings. The number of nitrogens with one attached hydrogen (secondary N) is 2. The highest BCUT2D eigenvalue weighted by atomic mass is 127. The summed E-state index contributed by atoms with van der Waals surface area (Å²) in [6.45, 7) is 5.45. The quantitative estimate of drug-likeness (QED) is 0.212. The molecular formula is C19H37IN4O4. The van der Waals surface area contributed by atoms with Crippen LogP contribution in [0.25, 0.3) is 0 Å². The minimum absolute atomic E-state index is 0. The smallest absolute Gasteiger partial charge is 0.243 e. The summed E-state index contributed by atoms with van der Waals surface area (Å²) >= 11 is 0. The number of rotatable bonds is 9. The van der Waals surface area contributed by atoms with Gasteiger partial charge in [0.2, 0.25) is 5.91 Å². The van der Waals surface area contributed by atoms with Crippen molar-refractivity contribution in [3.8, 4) is 0 Å². The van der Waals surface area contributed by atoms with E-state index < -0.39 is 0 Å². The molecule has 1 saturated heterocycles. The van der Waals surface area contributed by atoms with E-state index in [1.807, 2.05) is 6.92 Å². The number of carbonyl (C=O) groups is 1. The molecule has 0 aromatic heterocycles. The maximum Gasteiger partial charge on any atom is 0.243 e. The van der Waals surface area contributed by atoms with E-state index in [1.165, 1.54) is 24.2 Å². The Bertz CT molecular complexity index is 485. The summed E-state index contributed by atoms with van der Waals surface area (Å²) in [5.41, 5.74) is 0. The second-order valence-corrected chi connectivity index (χ2v) is 7.33. The Labute approximate surface area is 186 Å². The molecular weight excluding hydrogens is 475 g/mol. The third-order valence-corrected chi connectivity index (χ3v) is 4.86. The van der Waals surface area contributed by atoms with Crippen LogP contribution in [0.1, 0.15) is 45.4 Å². The number of hydrogen-bond donors (Lipinski definition) is 2. The number of likely N-dealkylation sites (N-methyl/N-ethyl adjacent to an activating group) is 1. The molecule has 1 spiro atoms. The zero-order chi connectivity index (χ0) is 19.5. The molecule has 1 unspecified atom stereocenters. The zero-order valence-corrected chi connectivity index (χ0v) is 19.8. The van der Waals surface area contributed by atoms with Crippen LogP contribution in [0.2, 0.25) is 0 Å². The van der Waals surface area contributed by atoms with Crippen molar-refractivity contribution in [2.45, 2.75) is 57.3 Å². The maximum atomic E-state index is 11.8. The molecule has 1 saturated carbocycles. The van der Waals surface area contributed by atoms with E-state index in [1.54, 1.807) is 14.1 Å². The van der Waals surface area contributed by atoms with E-state index in [-0.39, 0.29) is 48.3 Å². The van der Waals surface area contributed by atoms with Crippen molar-refractivity contribution in [3.05, 3.63) is 0 Å². The van der Waals surface area contributed by atoms with E-state index in [4.69, 9.17) is 14.2 Å². The monoisotopic (exact) mass is 512 g/mol. The molecule has 28 heavy (non-hydrogen) atoms. The van der Waals surface area contributed by atoms with E-state index in [9.17, 15) is 4.79 Å². The van der Waals surface area contributed by atoms with Crippen molar-refractivity contribution < 1.29 is 19.0 Å². The van der Waals surface area contributed by atoms with E-state index >= 15 is 0 Å². The highest BCUT2D eigenvalue weighted by Crippen LogP contribution is 2.37. The Morgan fingerprint density at radius 3 is 2.68 bits per heavy atom. The predicted molar refractivity (Wildman–Crippen MR) is 120 cm³/mol. The number of guanidine groups is 1. The average molecular weight is 512 g/mol. The van der Waals surface area contributed by atoms with Gasteiger partial charge < -0.3 is 29.7 Å². The minimum atomic E-state index is -0.367. The summed E-state index contributed by atoms with van der Waals surface area (Å²) in [5.74, 6) is 0.218. The number of hydrogen-bond acceptors (Lipinski definition) is 5. The third-order valence-electron chi connectivity index (χ3n) is 4.86. The van der Waals surface area contributed by atoms with Crippen molar-refractivity contribution in [2.75, 3.05) is 53.6 Å².